The zero-order valence-electron chi connectivity index (χ0n) is 13.2. The number of aromatic nitrogens is 1. The maximum atomic E-state index is 14.1. The second-order valence-corrected chi connectivity index (χ2v) is 5.27. The number of hydrogen-bond donors (Lipinski definition) is 0. The number of hydrogen-bond acceptors (Lipinski definition) is 1. The number of pyridine rings is 1. The van der Waals surface area contributed by atoms with Gasteiger partial charge in [-0.15, -0.1) is 0 Å². The molecule has 1 nitrogen and oxygen atoms in total. The summed E-state index contributed by atoms with van der Waals surface area (Å²) in [6.07, 6.45) is 7.46. The molecule has 1 atom stereocenters. The highest BCUT2D eigenvalue weighted by Gasteiger charge is 2.08. The number of halogens is 2. The molecule has 3 heteroatoms. The van der Waals surface area contributed by atoms with E-state index in [1.165, 1.54) is 0 Å². The topological polar surface area (TPSA) is 12.9 Å². The smallest absolute Gasteiger partial charge is 0.130 e. The van der Waals surface area contributed by atoms with E-state index in [2.05, 4.69) is 4.98 Å². The molecule has 0 bridgehead atoms. The number of allylic oxidation sites excluding steroid dienone is 6. The van der Waals surface area contributed by atoms with Gasteiger partial charge in [-0.05, 0) is 51.2 Å². The Bertz CT molecular complexity index is 556. The molecule has 0 radical (unpaired) electrons. The summed E-state index contributed by atoms with van der Waals surface area (Å²) in [4.78, 5) is 4.15. The first-order chi connectivity index (χ1) is 9.95. The highest BCUT2D eigenvalue weighted by Crippen LogP contribution is 2.23. The van der Waals surface area contributed by atoms with Crippen LogP contribution in [0, 0.1) is 12.8 Å². The van der Waals surface area contributed by atoms with Gasteiger partial charge in [0, 0.05) is 17.8 Å². The van der Waals surface area contributed by atoms with E-state index in [4.69, 9.17) is 0 Å². The fourth-order valence-corrected chi connectivity index (χ4v) is 2.10. The Morgan fingerprint density at radius 1 is 1.38 bits per heavy atom. The van der Waals surface area contributed by atoms with Gasteiger partial charge in [-0.3, -0.25) is 4.98 Å². The maximum absolute atomic E-state index is 14.1. The van der Waals surface area contributed by atoms with Crippen molar-refractivity contribution >= 4 is 5.57 Å². The van der Waals surface area contributed by atoms with Crippen LogP contribution in [0.25, 0.3) is 5.57 Å². The molecule has 0 aliphatic carbocycles. The van der Waals surface area contributed by atoms with Crippen molar-refractivity contribution in [3.63, 3.8) is 0 Å². The van der Waals surface area contributed by atoms with Gasteiger partial charge in [-0.1, -0.05) is 25.1 Å². The van der Waals surface area contributed by atoms with E-state index < -0.39 is 11.7 Å². The molecule has 1 unspecified atom stereocenters. The molecule has 0 N–H and O–H groups in total. The molecule has 0 spiro atoms. The molecule has 114 valence electrons. The van der Waals surface area contributed by atoms with E-state index >= 15 is 0 Å². The minimum atomic E-state index is -0.562. The van der Waals surface area contributed by atoms with Crippen molar-refractivity contribution in [3.8, 4) is 0 Å². The molecule has 0 saturated carbocycles. The predicted octanol–water partition coefficient (Wildman–Crippen LogP) is 5.94. The third-order valence-electron chi connectivity index (χ3n) is 3.37. The van der Waals surface area contributed by atoms with Crippen LogP contribution in [0.3, 0.4) is 0 Å². The molecule has 0 aromatic carbocycles. The van der Waals surface area contributed by atoms with Crippen molar-refractivity contribution in [2.45, 2.75) is 40.5 Å². The Morgan fingerprint density at radius 2 is 2.10 bits per heavy atom. The van der Waals surface area contributed by atoms with Crippen molar-refractivity contribution in [3.05, 3.63) is 59.5 Å². The molecular weight excluding hydrogens is 268 g/mol. The van der Waals surface area contributed by atoms with Crippen LogP contribution in [0.2, 0.25) is 0 Å². The summed E-state index contributed by atoms with van der Waals surface area (Å²) in [6.45, 7) is 7.43. The van der Waals surface area contributed by atoms with Crippen molar-refractivity contribution in [1.29, 1.82) is 0 Å². The average Bonchev–Trinajstić information content (AvgIpc) is 2.45. The summed E-state index contributed by atoms with van der Waals surface area (Å²) in [5, 5.41) is 0. The molecule has 1 heterocycles. The quantitative estimate of drug-likeness (QED) is 0.467. The van der Waals surface area contributed by atoms with Gasteiger partial charge in [0.25, 0.3) is 0 Å². The van der Waals surface area contributed by atoms with Gasteiger partial charge in [-0.25, -0.2) is 8.78 Å². The Balaban J connectivity index is 2.82. The highest BCUT2D eigenvalue weighted by molar-refractivity contribution is 5.66. The summed E-state index contributed by atoms with van der Waals surface area (Å²) in [7, 11) is 0. The van der Waals surface area contributed by atoms with Gasteiger partial charge in [-0.2, -0.15) is 0 Å². The van der Waals surface area contributed by atoms with Crippen LogP contribution in [0.4, 0.5) is 8.78 Å². The number of aryl methyl sites for hydroxylation is 1. The zero-order chi connectivity index (χ0) is 15.8. The summed E-state index contributed by atoms with van der Waals surface area (Å²) in [5.41, 5.74) is 1.81. The van der Waals surface area contributed by atoms with E-state index in [9.17, 15) is 8.78 Å². The third-order valence-corrected chi connectivity index (χ3v) is 3.37. The van der Waals surface area contributed by atoms with E-state index in [-0.39, 0.29) is 6.42 Å². The molecule has 1 aromatic heterocycles. The third kappa shape index (κ3) is 5.62. The molecule has 0 aliphatic rings. The van der Waals surface area contributed by atoms with Crippen LogP contribution in [0.5, 0.6) is 0 Å². The fourth-order valence-electron chi connectivity index (χ4n) is 2.10. The lowest BCUT2D eigenvalue weighted by Gasteiger charge is -2.06. The minimum Gasteiger partial charge on any atom is -0.256 e. The van der Waals surface area contributed by atoms with Crippen LogP contribution in [-0.2, 0) is 0 Å². The van der Waals surface area contributed by atoms with Crippen LogP contribution < -0.4 is 0 Å². The summed E-state index contributed by atoms with van der Waals surface area (Å²) in [5.74, 6) is -0.704. The van der Waals surface area contributed by atoms with Crippen LogP contribution in [0.15, 0.2) is 48.2 Å². The Labute approximate surface area is 126 Å². The first kappa shape index (κ1) is 17.3. The minimum absolute atomic E-state index is 0.243. The standard InChI is InChI=1S/C18H23F2N/c1-5-7-13(2)9-10-16(19)12-17(20)15(4)18-14(3)8-6-11-21-18/h5-8,11-13H,9-10H2,1-4H3/b7-5?,16-12+,17-15-. The second-order valence-electron chi connectivity index (χ2n) is 5.27. The average molecular weight is 291 g/mol. The van der Waals surface area contributed by atoms with Crippen molar-refractivity contribution in [1.82, 2.24) is 4.98 Å². The van der Waals surface area contributed by atoms with Crippen molar-refractivity contribution < 1.29 is 8.78 Å². The lowest BCUT2D eigenvalue weighted by Crippen LogP contribution is -1.92. The van der Waals surface area contributed by atoms with Gasteiger partial charge >= 0.3 is 0 Å². The van der Waals surface area contributed by atoms with Gasteiger partial charge in [0.15, 0.2) is 0 Å². The Hall–Kier alpha value is -1.77. The molecule has 0 aliphatic heterocycles. The largest absolute Gasteiger partial charge is 0.256 e. The monoisotopic (exact) mass is 291 g/mol. The zero-order valence-corrected chi connectivity index (χ0v) is 13.2. The van der Waals surface area contributed by atoms with E-state index in [1.807, 2.05) is 39.0 Å². The Kier molecular flexibility index (Phi) is 7.00. The van der Waals surface area contributed by atoms with Crippen molar-refractivity contribution in [2.24, 2.45) is 5.92 Å². The molecule has 1 rings (SSSR count). The molecule has 0 fully saturated rings. The lowest BCUT2D eigenvalue weighted by atomic mass is 10.0. The van der Waals surface area contributed by atoms with Crippen molar-refractivity contribution in [2.75, 3.05) is 0 Å². The summed E-state index contributed by atoms with van der Waals surface area (Å²) in [6, 6.07) is 3.65. The van der Waals surface area contributed by atoms with Gasteiger partial charge < -0.3 is 0 Å². The predicted molar refractivity (Wildman–Crippen MR) is 85.1 cm³/mol. The maximum Gasteiger partial charge on any atom is 0.130 e. The molecule has 0 amide bonds. The van der Waals surface area contributed by atoms with Gasteiger partial charge in [0.2, 0.25) is 0 Å². The van der Waals surface area contributed by atoms with Crippen LogP contribution in [-0.4, -0.2) is 4.98 Å². The molecule has 21 heavy (non-hydrogen) atoms. The second kappa shape index (κ2) is 8.50. The molecular formula is C18H23F2N. The SMILES string of the molecule is CC=CC(C)CC/C(F)=C\C(F)=C(/C)c1ncccc1C. The highest BCUT2D eigenvalue weighted by atomic mass is 19.1. The number of rotatable bonds is 6. The fraction of sp³-hybridized carbons (Fsp3) is 0.389. The normalized spacial score (nSPS) is 15.2. The van der Waals surface area contributed by atoms with Gasteiger partial charge in [0.1, 0.15) is 11.7 Å². The lowest BCUT2D eigenvalue weighted by molar-refractivity contribution is 0.530. The van der Waals surface area contributed by atoms with E-state index in [0.29, 0.717) is 23.6 Å². The molecule has 0 saturated heterocycles. The summed E-state index contributed by atoms with van der Waals surface area (Å²) >= 11 is 0. The first-order valence-electron chi connectivity index (χ1n) is 7.23. The van der Waals surface area contributed by atoms with E-state index in [0.717, 1.165) is 11.6 Å². The first-order valence-corrected chi connectivity index (χ1v) is 7.23. The van der Waals surface area contributed by atoms with Crippen LogP contribution in [0.1, 0.15) is 44.9 Å². The van der Waals surface area contributed by atoms with Crippen LogP contribution >= 0.6 is 0 Å². The molecule has 1 aromatic rings. The Morgan fingerprint density at radius 3 is 2.71 bits per heavy atom. The van der Waals surface area contributed by atoms with Gasteiger partial charge in [0.05, 0.1) is 5.69 Å². The van der Waals surface area contributed by atoms with E-state index in [1.54, 1.807) is 19.2 Å². The number of nitrogens with zero attached hydrogens (tertiary/aromatic N) is 1. The summed E-state index contributed by atoms with van der Waals surface area (Å²) < 4.78 is 27.9.